The van der Waals surface area contributed by atoms with Gasteiger partial charge in [-0.3, -0.25) is 0 Å². The second-order valence-corrected chi connectivity index (χ2v) is 6.95. The number of fused-ring (bicyclic) bond motifs is 1. The zero-order chi connectivity index (χ0) is 17.5. The van der Waals surface area contributed by atoms with Gasteiger partial charge in [-0.25, -0.2) is 9.78 Å². The topological polar surface area (TPSA) is 57.7 Å². The molecule has 2 aromatic rings. The van der Waals surface area contributed by atoms with E-state index in [9.17, 15) is 4.79 Å². The van der Waals surface area contributed by atoms with Gasteiger partial charge < -0.3 is 14.0 Å². The van der Waals surface area contributed by atoms with Gasteiger partial charge in [-0.2, -0.15) is 0 Å². The minimum atomic E-state index is -0.490. The van der Waals surface area contributed by atoms with Gasteiger partial charge in [0.1, 0.15) is 5.69 Å². The van der Waals surface area contributed by atoms with Crippen LogP contribution in [0.2, 0.25) is 0 Å². The molecule has 1 aromatic carbocycles. The molecule has 1 aliphatic rings. The molecule has 2 heterocycles. The molecule has 1 aliphatic heterocycles. The number of carbonyl (C=O) groups excluding carboxylic acids is 1. The van der Waals surface area contributed by atoms with Crippen LogP contribution in [0.4, 0.5) is 0 Å². The van der Waals surface area contributed by atoms with Crippen molar-refractivity contribution in [3.63, 3.8) is 0 Å². The van der Waals surface area contributed by atoms with E-state index in [1.165, 1.54) is 0 Å². The van der Waals surface area contributed by atoms with Crippen LogP contribution in [0.3, 0.4) is 0 Å². The summed E-state index contributed by atoms with van der Waals surface area (Å²) in [6, 6.07) is 7.59. The molecule has 0 amide bonds. The average Bonchev–Trinajstić information content (AvgIpc) is 2.74. The first-order chi connectivity index (χ1) is 11.2. The molecule has 24 heavy (non-hydrogen) atoms. The third kappa shape index (κ3) is 2.80. The van der Waals surface area contributed by atoms with E-state index in [0.29, 0.717) is 6.61 Å². The molecule has 5 nitrogen and oxygen atoms in total. The number of ether oxygens (including phenoxy) is 1. The Balaban J connectivity index is 2.05. The van der Waals surface area contributed by atoms with Gasteiger partial charge in [0.25, 0.3) is 0 Å². The third-order valence-electron chi connectivity index (χ3n) is 4.79. The van der Waals surface area contributed by atoms with E-state index in [1.807, 2.05) is 45.9 Å². The number of carbonyl (C=O) groups is 1. The third-order valence-corrected chi connectivity index (χ3v) is 4.79. The Bertz CT molecular complexity index is 772. The van der Waals surface area contributed by atoms with Gasteiger partial charge in [-0.15, -0.1) is 0 Å². The Hall–Kier alpha value is -1.92. The molecule has 0 radical (unpaired) electrons. The van der Waals surface area contributed by atoms with E-state index >= 15 is 0 Å². The maximum atomic E-state index is 12.0. The second-order valence-electron chi connectivity index (χ2n) is 6.95. The van der Waals surface area contributed by atoms with E-state index in [4.69, 9.17) is 14.0 Å². The van der Waals surface area contributed by atoms with Crippen LogP contribution in [-0.2, 0) is 14.0 Å². The van der Waals surface area contributed by atoms with Crippen LogP contribution in [0, 0.1) is 0 Å². The molecule has 3 rings (SSSR count). The molecule has 126 valence electrons. The summed E-state index contributed by atoms with van der Waals surface area (Å²) < 4.78 is 17.3. The fourth-order valence-corrected chi connectivity index (χ4v) is 2.69. The van der Waals surface area contributed by atoms with Gasteiger partial charge in [0.15, 0.2) is 0 Å². The molecule has 1 aromatic heterocycles. The number of esters is 1. The molecule has 0 spiro atoms. The highest BCUT2D eigenvalue weighted by Crippen LogP contribution is 2.37. The highest BCUT2D eigenvalue weighted by atomic mass is 16.7. The lowest BCUT2D eigenvalue weighted by Gasteiger charge is -2.32. The van der Waals surface area contributed by atoms with Crippen molar-refractivity contribution < 1.29 is 18.8 Å². The van der Waals surface area contributed by atoms with Crippen LogP contribution >= 0.6 is 0 Å². The quantitative estimate of drug-likeness (QED) is 0.641. The van der Waals surface area contributed by atoms with E-state index in [0.717, 1.165) is 16.2 Å². The molecular weight excluding hydrogens is 305 g/mol. The zero-order valence-corrected chi connectivity index (χ0v) is 14.8. The van der Waals surface area contributed by atoms with Crippen molar-refractivity contribution in [1.29, 1.82) is 0 Å². The van der Waals surface area contributed by atoms with Crippen molar-refractivity contribution in [2.24, 2.45) is 0 Å². The lowest BCUT2D eigenvalue weighted by molar-refractivity contribution is 0.00578. The highest BCUT2D eigenvalue weighted by Gasteiger charge is 2.52. The predicted molar refractivity (Wildman–Crippen MR) is 93.4 cm³/mol. The normalized spacial score (nSPS) is 18.8. The molecule has 0 bridgehead atoms. The zero-order valence-electron chi connectivity index (χ0n) is 14.8. The second kappa shape index (κ2) is 5.86. The summed E-state index contributed by atoms with van der Waals surface area (Å²) in [5, 5.41) is 1.81. The maximum Gasteiger partial charge on any atom is 0.495 e. The van der Waals surface area contributed by atoms with Crippen molar-refractivity contribution in [3.8, 4) is 0 Å². The first-order valence-electron chi connectivity index (χ1n) is 8.16. The summed E-state index contributed by atoms with van der Waals surface area (Å²) >= 11 is 0. The van der Waals surface area contributed by atoms with Crippen LogP contribution in [0.5, 0.6) is 0 Å². The Labute approximate surface area is 142 Å². The molecule has 0 atom stereocenters. The summed E-state index contributed by atoms with van der Waals surface area (Å²) in [4.78, 5) is 16.2. The van der Waals surface area contributed by atoms with Gasteiger partial charge in [-0.05, 0) is 56.9 Å². The summed E-state index contributed by atoms with van der Waals surface area (Å²) in [5.74, 6) is -0.428. The van der Waals surface area contributed by atoms with Gasteiger partial charge in [0.05, 0.1) is 17.8 Å². The van der Waals surface area contributed by atoms with Crippen LogP contribution in [0.15, 0.2) is 30.5 Å². The minimum Gasteiger partial charge on any atom is -0.461 e. The number of hydrogen-bond acceptors (Lipinski definition) is 5. The number of benzene rings is 1. The minimum absolute atomic E-state index is 0.285. The number of pyridine rings is 1. The maximum absolute atomic E-state index is 12.0. The number of nitrogens with zero attached hydrogens (tertiary/aromatic N) is 1. The molecule has 0 saturated carbocycles. The summed E-state index contributed by atoms with van der Waals surface area (Å²) in [6.45, 7) is 10.2. The average molecular weight is 327 g/mol. The molecule has 6 heteroatoms. The van der Waals surface area contributed by atoms with Crippen molar-refractivity contribution in [2.45, 2.75) is 45.8 Å². The number of hydrogen-bond donors (Lipinski definition) is 0. The lowest BCUT2D eigenvalue weighted by atomic mass is 9.76. The van der Waals surface area contributed by atoms with Gasteiger partial charge >= 0.3 is 13.1 Å². The van der Waals surface area contributed by atoms with E-state index in [1.54, 1.807) is 19.2 Å². The smallest absolute Gasteiger partial charge is 0.461 e. The van der Waals surface area contributed by atoms with Crippen molar-refractivity contribution in [1.82, 2.24) is 4.98 Å². The lowest BCUT2D eigenvalue weighted by Crippen LogP contribution is -2.41. The molecule has 1 fully saturated rings. The van der Waals surface area contributed by atoms with Crippen LogP contribution in [-0.4, -0.2) is 35.9 Å². The van der Waals surface area contributed by atoms with Crippen LogP contribution in [0.1, 0.15) is 45.1 Å². The molecule has 0 unspecified atom stereocenters. The van der Waals surface area contributed by atoms with Gasteiger partial charge in [-0.1, -0.05) is 18.2 Å². The first kappa shape index (κ1) is 16.9. The fraction of sp³-hybridized carbons (Fsp3) is 0.444. The van der Waals surface area contributed by atoms with Crippen LogP contribution < -0.4 is 5.46 Å². The van der Waals surface area contributed by atoms with Gasteiger partial charge in [0, 0.05) is 6.20 Å². The number of rotatable bonds is 3. The monoisotopic (exact) mass is 327 g/mol. The summed E-state index contributed by atoms with van der Waals surface area (Å²) in [6.07, 6.45) is 1.68. The largest absolute Gasteiger partial charge is 0.495 e. The van der Waals surface area contributed by atoms with Crippen LogP contribution in [0.25, 0.3) is 10.8 Å². The molecular formula is C18H22BNO4. The predicted octanol–water partition coefficient (Wildman–Crippen LogP) is 2.71. The van der Waals surface area contributed by atoms with Gasteiger partial charge in [0.2, 0.25) is 0 Å². The highest BCUT2D eigenvalue weighted by molar-refractivity contribution is 6.65. The fourth-order valence-electron chi connectivity index (χ4n) is 2.69. The van der Waals surface area contributed by atoms with Crippen molar-refractivity contribution >= 4 is 29.3 Å². The Morgan fingerprint density at radius 2 is 1.88 bits per heavy atom. The van der Waals surface area contributed by atoms with E-state index in [2.05, 4.69) is 4.98 Å². The Morgan fingerprint density at radius 1 is 1.21 bits per heavy atom. The Kier molecular flexibility index (Phi) is 4.14. The van der Waals surface area contributed by atoms with Crippen molar-refractivity contribution in [2.75, 3.05) is 6.61 Å². The van der Waals surface area contributed by atoms with E-state index < -0.39 is 24.3 Å². The molecule has 1 saturated heterocycles. The SMILES string of the molecule is CCOC(=O)c1cc2c(B3OC(C)(C)C(C)(C)O3)cccc2cn1. The first-order valence-corrected chi connectivity index (χ1v) is 8.16. The molecule has 0 aliphatic carbocycles. The van der Waals surface area contributed by atoms with E-state index in [-0.39, 0.29) is 5.69 Å². The Morgan fingerprint density at radius 3 is 2.50 bits per heavy atom. The molecule has 0 N–H and O–H groups in total. The summed E-state index contributed by atoms with van der Waals surface area (Å²) in [7, 11) is -0.490. The number of aromatic nitrogens is 1. The standard InChI is InChI=1S/C18H22BNO4/c1-6-22-16(21)15-10-13-12(11-20-15)8-7-9-14(13)19-23-17(2,3)18(4,5)24-19/h7-11H,6H2,1-5H3. The van der Waals surface area contributed by atoms with Crippen molar-refractivity contribution in [3.05, 3.63) is 36.2 Å². The summed E-state index contributed by atoms with van der Waals surface area (Å²) in [5.41, 5.74) is 0.334.